The maximum Gasteiger partial charge on any atom is 0.406 e. The predicted octanol–water partition coefficient (Wildman–Crippen LogP) is 2.20. The average molecular weight is 531 g/mol. The number of nitrogens with one attached hydrogen (secondary N) is 2. The summed E-state index contributed by atoms with van der Waals surface area (Å²) >= 11 is 0. The van der Waals surface area contributed by atoms with Crippen LogP contribution in [0.3, 0.4) is 0 Å². The highest BCUT2D eigenvalue weighted by Gasteiger charge is 2.52. The summed E-state index contributed by atoms with van der Waals surface area (Å²) in [6.45, 7) is 3.13. The van der Waals surface area contributed by atoms with Gasteiger partial charge in [0.2, 0.25) is 0 Å². The Labute approximate surface area is 213 Å². The first-order chi connectivity index (χ1) is 17.6. The van der Waals surface area contributed by atoms with Crippen molar-refractivity contribution in [3.63, 3.8) is 0 Å². The maximum absolute atomic E-state index is 13.8. The van der Waals surface area contributed by atoms with Crippen LogP contribution in [0.2, 0.25) is 0 Å². The van der Waals surface area contributed by atoms with Crippen LogP contribution >= 0.6 is 7.75 Å². The van der Waals surface area contributed by atoms with Gasteiger partial charge in [-0.15, -0.1) is 0 Å². The van der Waals surface area contributed by atoms with E-state index in [9.17, 15) is 19.3 Å². The van der Waals surface area contributed by atoms with E-state index in [0.717, 1.165) is 21.8 Å². The molecule has 0 saturated carbocycles. The molecule has 0 aliphatic carbocycles. The molecule has 0 amide bonds. The molecule has 1 aliphatic rings. The van der Waals surface area contributed by atoms with Crippen molar-refractivity contribution >= 4 is 7.75 Å². The maximum atomic E-state index is 13.8. The summed E-state index contributed by atoms with van der Waals surface area (Å²) < 4.78 is 32.4. The largest absolute Gasteiger partial charge is 0.406 e. The molecule has 3 aromatic rings. The lowest BCUT2D eigenvalue weighted by atomic mass is 9.93. The van der Waals surface area contributed by atoms with Gasteiger partial charge in [0, 0.05) is 18.8 Å². The molecule has 1 aliphatic heterocycles. The van der Waals surface area contributed by atoms with Crippen LogP contribution in [-0.4, -0.2) is 39.0 Å². The highest BCUT2D eigenvalue weighted by molar-refractivity contribution is 7.51. The monoisotopic (exact) mass is 530 g/mol. The van der Waals surface area contributed by atoms with E-state index in [0.29, 0.717) is 0 Å². The number of hydrogen-bond acceptors (Lipinski definition) is 8. The third-order valence-corrected chi connectivity index (χ3v) is 7.85. The average Bonchev–Trinajstić information content (AvgIpc) is 3.11. The van der Waals surface area contributed by atoms with Crippen LogP contribution in [0.25, 0.3) is 0 Å². The molecule has 0 spiro atoms. The number of H-pyrrole nitrogens is 1. The second kappa shape index (κ2) is 11.2. The van der Waals surface area contributed by atoms with E-state index in [4.69, 9.17) is 19.5 Å². The molecule has 1 saturated heterocycles. The van der Waals surface area contributed by atoms with E-state index in [1.54, 1.807) is 6.92 Å². The fraction of sp³-hybridized carbons (Fsp3) is 0.360. The summed E-state index contributed by atoms with van der Waals surface area (Å²) in [4.78, 5) is 25.9. The number of aromatic nitrogens is 2. The predicted molar refractivity (Wildman–Crippen MR) is 137 cm³/mol. The number of aliphatic hydroxyl groups is 1. The molecule has 1 unspecified atom stereocenters. The standard InChI is InChI=1S/C25H31N4O7P/c1-17(19-11-7-4-8-12-19)36-37(33,27-15-18-9-5-3-6-10-18)34-16-20-22(31)25(2,26)23(35-20)29-14-13-21(30)28-24(29)32/h3-14,17,20,22-23,31H,15-16,26H2,1-2H3,(H,27,33)(H,28,30,32)/t17-,20+,22+,23+,25+,37?/m0/s1. The van der Waals surface area contributed by atoms with Crippen LogP contribution in [0.15, 0.2) is 82.5 Å². The number of rotatable bonds is 10. The lowest BCUT2D eigenvalue weighted by Crippen LogP contribution is -2.53. The Bertz CT molecular complexity index is 1350. The number of ether oxygens (including phenoxy) is 1. The number of nitrogens with two attached hydrogens (primary N) is 1. The number of benzene rings is 2. The first-order valence-electron chi connectivity index (χ1n) is 11.8. The molecule has 1 fully saturated rings. The van der Waals surface area contributed by atoms with Gasteiger partial charge >= 0.3 is 13.4 Å². The molecule has 0 bridgehead atoms. The number of aromatic amines is 1. The minimum Gasteiger partial charge on any atom is -0.388 e. The first kappa shape index (κ1) is 27.2. The van der Waals surface area contributed by atoms with Crippen LogP contribution in [0, 0.1) is 0 Å². The van der Waals surface area contributed by atoms with Crippen molar-refractivity contribution in [2.24, 2.45) is 5.73 Å². The Morgan fingerprint density at radius 1 is 1.16 bits per heavy atom. The van der Waals surface area contributed by atoms with E-state index in [1.165, 1.54) is 13.1 Å². The highest BCUT2D eigenvalue weighted by Crippen LogP contribution is 2.49. The highest BCUT2D eigenvalue weighted by atomic mass is 31.2. The first-order valence-corrected chi connectivity index (χ1v) is 13.3. The molecule has 1 aromatic heterocycles. The number of hydrogen-bond donors (Lipinski definition) is 4. The van der Waals surface area contributed by atoms with Crippen molar-refractivity contribution in [2.75, 3.05) is 6.61 Å². The smallest absolute Gasteiger partial charge is 0.388 e. The summed E-state index contributed by atoms with van der Waals surface area (Å²) in [7, 11) is -3.93. The van der Waals surface area contributed by atoms with Crippen LogP contribution in [0.1, 0.15) is 37.3 Å². The van der Waals surface area contributed by atoms with E-state index in [1.807, 2.05) is 60.7 Å². The van der Waals surface area contributed by atoms with Crippen molar-refractivity contribution in [3.8, 4) is 0 Å². The van der Waals surface area contributed by atoms with Crippen LogP contribution in [-0.2, 0) is 24.9 Å². The number of aliphatic hydroxyl groups excluding tert-OH is 1. The quantitative estimate of drug-likeness (QED) is 0.288. The van der Waals surface area contributed by atoms with E-state index >= 15 is 0 Å². The SMILES string of the molecule is C[C@H](OP(=O)(NCc1ccccc1)OC[C@H]1O[C@@H](n2ccc(=O)[nH]c2=O)[C@](C)(N)[C@@H]1O)c1ccccc1. The molecular formula is C25H31N4O7P. The van der Waals surface area contributed by atoms with E-state index in [2.05, 4.69) is 10.1 Å². The molecule has 0 radical (unpaired) electrons. The molecule has 6 atom stereocenters. The molecule has 4 rings (SSSR count). The zero-order valence-corrected chi connectivity index (χ0v) is 21.4. The molecule has 12 heteroatoms. The summed E-state index contributed by atoms with van der Waals surface area (Å²) in [6.07, 6.45) is -2.77. The third-order valence-electron chi connectivity index (χ3n) is 6.22. The summed E-state index contributed by atoms with van der Waals surface area (Å²) in [5, 5.41) is 13.8. The summed E-state index contributed by atoms with van der Waals surface area (Å²) in [6, 6.07) is 19.8. The lowest BCUT2D eigenvalue weighted by molar-refractivity contribution is -0.0475. The van der Waals surface area contributed by atoms with Gasteiger partial charge in [0.15, 0.2) is 6.23 Å². The van der Waals surface area contributed by atoms with Crippen LogP contribution < -0.4 is 22.1 Å². The fourth-order valence-electron chi connectivity index (χ4n) is 4.10. The minimum absolute atomic E-state index is 0.206. The van der Waals surface area contributed by atoms with Crippen molar-refractivity contribution in [1.82, 2.24) is 14.6 Å². The number of nitrogens with zero attached hydrogens (tertiary/aromatic N) is 1. The molecule has 11 nitrogen and oxygen atoms in total. The normalized spacial score (nSPS) is 26.0. The third kappa shape index (κ3) is 6.34. The van der Waals surface area contributed by atoms with Gasteiger partial charge in [0.25, 0.3) is 5.56 Å². The molecule has 198 valence electrons. The molecule has 37 heavy (non-hydrogen) atoms. The zero-order chi connectivity index (χ0) is 26.6. The van der Waals surface area contributed by atoms with E-state index in [-0.39, 0.29) is 13.2 Å². The van der Waals surface area contributed by atoms with Gasteiger partial charge in [0.1, 0.15) is 12.2 Å². The Morgan fingerprint density at radius 2 is 1.81 bits per heavy atom. The summed E-state index contributed by atoms with van der Waals surface area (Å²) in [5.74, 6) is 0. The van der Waals surface area contributed by atoms with Gasteiger partial charge in [-0.05, 0) is 25.0 Å². The molecule has 2 heterocycles. The topological polar surface area (TPSA) is 158 Å². The van der Waals surface area contributed by atoms with Crippen LogP contribution in [0.4, 0.5) is 0 Å². The summed E-state index contributed by atoms with van der Waals surface area (Å²) in [5.41, 5.74) is 5.26. The Kier molecular flexibility index (Phi) is 8.25. The van der Waals surface area contributed by atoms with Crippen molar-refractivity contribution in [2.45, 2.75) is 50.5 Å². The minimum atomic E-state index is -3.93. The Morgan fingerprint density at radius 3 is 2.46 bits per heavy atom. The van der Waals surface area contributed by atoms with Gasteiger partial charge in [-0.2, -0.15) is 0 Å². The van der Waals surface area contributed by atoms with E-state index < -0.39 is 49.1 Å². The van der Waals surface area contributed by atoms with Gasteiger partial charge in [-0.1, -0.05) is 60.7 Å². The van der Waals surface area contributed by atoms with Gasteiger partial charge in [0.05, 0.1) is 18.2 Å². The van der Waals surface area contributed by atoms with Crippen molar-refractivity contribution < 1.29 is 23.5 Å². The molecule has 5 N–H and O–H groups in total. The fourth-order valence-corrected chi connectivity index (χ4v) is 5.59. The van der Waals surface area contributed by atoms with Gasteiger partial charge in [-0.3, -0.25) is 23.4 Å². The van der Waals surface area contributed by atoms with Crippen LogP contribution in [0.5, 0.6) is 0 Å². The Balaban J connectivity index is 1.51. The zero-order valence-electron chi connectivity index (χ0n) is 20.5. The second-order valence-electron chi connectivity index (χ2n) is 9.13. The second-order valence-corrected chi connectivity index (χ2v) is 10.9. The lowest BCUT2D eigenvalue weighted by Gasteiger charge is -2.28. The van der Waals surface area contributed by atoms with Gasteiger partial charge < -0.3 is 15.6 Å². The molecular weight excluding hydrogens is 499 g/mol. The Hall–Kier alpha value is -2.89. The molecule has 2 aromatic carbocycles. The van der Waals surface area contributed by atoms with Crippen molar-refractivity contribution in [3.05, 3.63) is 105 Å². The van der Waals surface area contributed by atoms with Crippen molar-refractivity contribution in [1.29, 1.82) is 0 Å². The van der Waals surface area contributed by atoms with Gasteiger partial charge in [-0.25, -0.2) is 14.4 Å².